The Kier molecular flexibility index (Phi) is 3.29. The number of nitrogens with zero attached hydrogens (tertiary/aromatic N) is 1. The second kappa shape index (κ2) is 4.88. The van der Waals surface area contributed by atoms with Crippen LogP contribution in [0.2, 0.25) is 0 Å². The van der Waals surface area contributed by atoms with Gasteiger partial charge in [-0.2, -0.15) is 0 Å². The van der Waals surface area contributed by atoms with Crippen LogP contribution in [0.4, 0.5) is 0 Å². The maximum atomic E-state index is 10.1. The van der Waals surface area contributed by atoms with Crippen LogP contribution in [-0.4, -0.2) is 10.1 Å². The lowest BCUT2D eigenvalue weighted by atomic mass is 10.0. The number of benzene rings is 1. The zero-order valence-electron chi connectivity index (χ0n) is 8.82. The minimum Gasteiger partial charge on any atom is -0.386 e. The minimum atomic E-state index is -0.726. The standard InChI is InChI=1S/C13H14N2O/c14-12(11-8-4-5-9-15-11)13(16)10-6-2-1-3-7-10/h1-9,12-13,16H,14H2/t12-,13+/m1/s1. The zero-order valence-corrected chi connectivity index (χ0v) is 8.82. The molecule has 0 saturated carbocycles. The predicted octanol–water partition coefficient (Wildman–Crippen LogP) is 1.81. The van der Waals surface area contributed by atoms with Gasteiger partial charge in [-0.3, -0.25) is 4.98 Å². The summed E-state index contributed by atoms with van der Waals surface area (Å²) in [6, 6.07) is 14.4. The van der Waals surface area contributed by atoms with Crippen molar-refractivity contribution in [2.24, 2.45) is 5.73 Å². The van der Waals surface area contributed by atoms with Crippen LogP contribution in [0.3, 0.4) is 0 Å². The molecule has 1 aromatic carbocycles. The Morgan fingerprint density at radius 1 is 1.00 bits per heavy atom. The van der Waals surface area contributed by atoms with Gasteiger partial charge in [0.1, 0.15) is 0 Å². The second-order valence-electron chi connectivity index (χ2n) is 3.64. The van der Waals surface area contributed by atoms with Crippen molar-refractivity contribution >= 4 is 0 Å². The Hall–Kier alpha value is -1.71. The molecule has 2 atom stereocenters. The van der Waals surface area contributed by atoms with Crippen LogP contribution in [0.25, 0.3) is 0 Å². The number of aliphatic hydroxyl groups excluding tert-OH is 1. The normalized spacial score (nSPS) is 14.4. The fourth-order valence-corrected chi connectivity index (χ4v) is 1.59. The molecule has 2 rings (SSSR count). The topological polar surface area (TPSA) is 59.1 Å². The van der Waals surface area contributed by atoms with Gasteiger partial charge in [-0.15, -0.1) is 0 Å². The third-order valence-electron chi connectivity index (χ3n) is 2.51. The SMILES string of the molecule is N[C@H](c1ccccn1)[C@@H](O)c1ccccc1. The van der Waals surface area contributed by atoms with Gasteiger partial charge in [0.05, 0.1) is 17.8 Å². The summed E-state index contributed by atoms with van der Waals surface area (Å²) in [7, 11) is 0. The van der Waals surface area contributed by atoms with Crippen LogP contribution in [0.1, 0.15) is 23.4 Å². The van der Waals surface area contributed by atoms with E-state index in [1.165, 1.54) is 0 Å². The Labute approximate surface area is 94.6 Å². The fourth-order valence-electron chi connectivity index (χ4n) is 1.59. The number of hydrogen-bond donors (Lipinski definition) is 2. The highest BCUT2D eigenvalue weighted by atomic mass is 16.3. The summed E-state index contributed by atoms with van der Waals surface area (Å²) in [5.41, 5.74) is 7.46. The highest BCUT2D eigenvalue weighted by Crippen LogP contribution is 2.24. The van der Waals surface area contributed by atoms with Crippen molar-refractivity contribution in [3.05, 3.63) is 66.0 Å². The van der Waals surface area contributed by atoms with E-state index in [1.54, 1.807) is 6.20 Å². The molecule has 3 nitrogen and oxygen atoms in total. The van der Waals surface area contributed by atoms with Crippen molar-refractivity contribution in [3.8, 4) is 0 Å². The smallest absolute Gasteiger partial charge is 0.0998 e. The lowest BCUT2D eigenvalue weighted by Crippen LogP contribution is -2.20. The Morgan fingerprint density at radius 3 is 2.31 bits per heavy atom. The van der Waals surface area contributed by atoms with Crippen molar-refractivity contribution in [1.29, 1.82) is 0 Å². The van der Waals surface area contributed by atoms with E-state index in [0.29, 0.717) is 5.69 Å². The van der Waals surface area contributed by atoms with E-state index in [9.17, 15) is 5.11 Å². The summed E-state index contributed by atoms with van der Waals surface area (Å²) in [5, 5.41) is 10.1. The highest BCUT2D eigenvalue weighted by Gasteiger charge is 2.18. The van der Waals surface area contributed by atoms with Gasteiger partial charge >= 0.3 is 0 Å². The van der Waals surface area contributed by atoms with Crippen LogP contribution in [-0.2, 0) is 0 Å². The predicted molar refractivity (Wildman–Crippen MR) is 62.6 cm³/mol. The average Bonchev–Trinajstić information content (AvgIpc) is 2.39. The molecule has 0 unspecified atom stereocenters. The third kappa shape index (κ3) is 2.27. The molecule has 1 heterocycles. The summed E-state index contributed by atoms with van der Waals surface area (Å²) in [6.45, 7) is 0. The first-order chi connectivity index (χ1) is 7.79. The summed E-state index contributed by atoms with van der Waals surface area (Å²) in [4.78, 5) is 4.14. The molecule has 82 valence electrons. The lowest BCUT2D eigenvalue weighted by molar-refractivity contribution is 0.145. The van der Waals surface area contributed by atoms with Crippen molar-refractivity contribution in [3.63, 3.8) is 0 Å². The monoisotopic (exact) mass is 214 g/mol. The molecule has 2 aromatic rings. The van der Waals surface area contributed by atoms with Crippen LogP contribution < -0.4 is 5.73 Å². The minimum absolute atomic E-state index is 0.497. The van der Waals surface area contributed by atoms with Gasteiger partial charge in [-0.05, 0) is 17.7 Å². The highest BCUT2D eigenvalue weighted by molar-refractivity contribution is 5.21. The molecule has 0 spiro atoms. The van der Waals surface area contributed by atoms with E-state index in [4.69, 9.17) is 5.73 Å². The first kappa shape index (κ1) is 10.8. The molecule has 0 fully saturated rings. The van der Waals surface area contributed by atoms with Crippen molar-refractivity contribution < 1.29 is 5.11 Å². The van der Waals surface area contributed by atoms with Gasteiger partial charge in [0, 0.05) is 6.20 Å². The molecule has 0 aliphatic carbocycles. The molecular weight excluding hydrogens is 200 g/mol. The van der Waals surface area contributed by atoms with Gasteiger partial charge < -0.3 is 10.8 Å². The number of rotatable bonds is 3. The van der Waals surface area contributed by atoms with Crippen molar-refractivity contribution in [2.45, 2.75) is 12.1 Å². The van der Waals surface area contributed by atoms with Crippen LogP contribution in [0, 0.1) is 0 Å². The van der Waals surface area contributed by atoms with Crippen LogP contribution >= 0.6 is 0 Å². The molecule has 0 bridgehead atoms. The fraction of sp³-hybridized carbons (Fsp3) is 0.154. The number of aromatic nitrogens is 1. The first-order valence-corrected chi connectivity index (χ1v) is 5.18. The molecule has 0 amide bonds. The van der Waals surface area contributed by atoms with Crippen molar-refractivity contribution in [2.75, 3.05) is 0 Å². The first-order valence-electron chi connectivity index (χ1n) is 5.18. The van der Waals surface area contributed by atoms with E-state index >= 15 is 0 Å². The number of aliphatic hydroxyl groups is 1. The second-order valence-corrected chi connectivity index (χ2v) is 3.64. The number of nitrogens with two attached hydrogens (primary N) is 1. The zero-order chi connectivity index (χ0) is 11.4. The van der Waals surface area contributed by atoms with Gasteiger partial charge in [-0.25, -0.2) is 0 Å². The molecule has 16 heavy (non-hydrogen) atoms. The molecule has 1 aromatic heterocycles. The molecule has 0 radical (unpaired) electrons. The molecule has 3 N–H and O–H groups in total. The van der Waals surface area contributed by atoms with E-state index in [0.717, 1.165) is 5.56 Å². The van der Waals surface area contributed by atoms with Gasteiger partial charge in [0.2, 0.25) is 0 Å². The van der Waals surface area contributed by atoms with Crippen molar-refractivity contribution in [1.82, 2.24) is 4.98 Å². The summed E-state index contributed by atoms with van der Waals surface area (Å²) >= 11 is 0. The Balaban J connectivity index is 2.20. The number of pyridine rings is 1. The lowest BCUT2D eigenvalue weighted by Gasteiger charge is -2.18. The quantitative estimate of drug-likeness (QED) is 0.819. The maximum absolute atomic E-state index is 10.1. The Morgan fingerprint density at radius 2 is 1.69 bits per heavy atom. The van der Waals surface area contributed by atoms with E-state index in [1.807, 2.05) is 48.5 Å². The van der Waals surface area contributed by atoms with Gasteiger partial charge in [-0.1, -0.05) is 36.4 Å². The summed E-state index contributed by atoms with van der Waals surface area (Å²) < 4.78 is 0. The molecule has 0 aliphatic rings. The van der Waals surface area contributed by atoms with Crippen LogP contribution in [0.15, 0.2) is 54.7 Å². The molecular formula is C13H14N2O. The van der Waals surface area contributed by atoms with Gasteiger partial charge in [0.15, 0.2) is 0 Å². The third-order valence-corrected chi connectivity index (χ3v) is 2.51. The maximum Gasteiger partial charge on any atom is 0.0998 e. The average molecular weight is 214 g/mol. The number of hydrogen-bond acceptors (Lipinski definition) is 3. The Bertz CT molecular complexity index is 387. The molecule has 0 aliphatic heterocycles. The van der Waals surface area contributed by atoms with E-state index < -0.39 is 12.1 Å². The van der Waals surface area contributed by atoms with Gasteiger partial charge in [0.25, 0.3) is 0 Å². The van der Waals surface area contributed by atoms with E-state index in [2.05, 4.69) is 4.98 Å². The largest absolute Gasteiger partial charge is 0.386 e. The summed E-state index contributed by atoms with van der Waals surface area (Å²) in [5.74, 6) is 0. The summed E-state index contributed by atoms with van der Waals surface area (Å²) in [6.07, 6.45) is 0.948. The molecule has 0 saturated heterocycles. The van der Waals surface area contributed by atoms with E-state index in [-0.39, 0.29) is 0 Å². The molecule has 3 heteroatoms. The van der Waals surface area contributed by atoms with Crippen LogP contribution in [0.5, 0.6) is 0 Å².